The number of alkyl halides is 1. The smallest absolute Gasteiger partial charge is 0.410 e. The summed E-state index contributed by atoms with van der Waals surface area (Å²) in [6.45, 7) is 12.5. The van der Waals surface area contributed by atoms with Crippen LogP contribution >= 0.6 is 11.8 Å². The lowest BCUT2D eigenvalue weighted by molar-refractivity contribution is -0.164. The number of aliphatic hydroxyl groups excluding tert-OH is 1. The number of hydrogen-bond acceptors (Lipinski definition) is 8. The molecule has 3 heterocycles. The number of β-lactam (4-membered cyclic amide) rings is 1. The fraction of sp³-hybridized carbons (Fsp3) is 0.640. The Bertz CT molecular complexity index is 909. The maximum Gasteiger partial charge on any atom is 0.410 e. The highest BCUT2D eigenvalue weighted by Crippen LogP contribution is 2.52. The lowest BCUT2D eigenvalue weighted by atomic mass is 9.79. The zero-order valence-corrected chi connectivity index (χ0v) is 21.7. The predicted octanol–water partition coefficient (Wildman–Crippen LogP) is 2.66. The van der Waals surface area contributed by atoms with Gasteiger partial charge in [0.2, 0.25) is 5.91 Å². The van der Waals surface area contributed by atoms with Crippen molar-refractivity contribution in [3.05, 3.63) is 35.9 Å². The molecular weight excluding hydrogens is 491 g/mol. The SMILES string of the molecule is C=CCOC(=O)C1=C(S[C@H]2C[C@@H](COCC(C)F)N(C(=O)OCC=C)C2)[C@H](C)[C@@H]2[C@@H]([C@@H](C)O)C(=O)N12. The number of amides is 2. The van der Waals surface area contributed by atoms with Crippen LogP contribution in [-0.2, 0) is 23.8 Å². The van der Waals surface area contributed by atoms with Gasteiger partial charge in [-0.05, 0) is 20.3 Å². The average molecular weight is 527 g/mol. The third kappa shape index (κ3) is 5.78. The first-order valence-corrected chi connectivity index (χ1v) is 13.0. The van der Waals surface area contributed by atoms with Gasteiger partial charge in [-0.3, -0.25) is 4.79 Å². The first-order valence-electron chi connectivity index (χ1n) is 12.1. The van der Waals surface area contributed by atoms with E-state index >= 15 is 0 Å². The number of thioether (sulfide) groups is 1. The molecule has 1 N–H and O–H groups in total. The Kier molecular flexibility index (Phi) is 9.59. The second kappa shape index (κ2) is 12.2. The normalized spacial score (nSPS) is 28.9. The minimum atomic E-state index is -1.13. The summed E-state index contributed by atoms with van der Waals surface area (Å²) in [4.78, 5) is 42.1. The van der Waals surface area contributed by atoms with Gasteiger partial charge in [0.05, 0.1) is 37.3 Å². The largest absolute Gasteiger partial charge is 0.457 e. The van der Waals surface area contributed by atoms with Crippen molar-refractivity contribution in [2.45, 2.75) is 56.8 Å². The molecule has 11 heteroatoms. The van der Waals surface area contributed by atoms with Crippen molar-refractivity contribution >= 4 is 29.7 Å². The van der Waals surface area contributed by atoms with Gasteiger partial charge in [0.1, 0.15) is 25.1 Å². The van der Waals surface area contributed by atoms with Gasteiger partial charge < -0.3 is 29.1 Å². The first kappa shape index (κ1) is 28.2. The molecular formula is C25H35FN2O7S. The molecule has 0 saturated carbocycles. The molecule has 1 unspecified atom stereocenters. The quantitative estimate of drug-likeness (QED) is 0.235. The van der Waals surface area contributed by atoms with E-state index in [0.717, 1.165) is 0 Å². The highest BCUT2D eigenvalue weighted by Gasteiger charge is 2.60. The number of halogens is 1. The fourth-order valence-electron chi connectivity index (χ4n) is 4.97. The number of ether oxygens (including phenoxy) is 3. The molecule has 0 aromatic rings. The monoisotopic (exact) mass is 526 g/mol. The molecule has 3 aliphatic rings. The number of likely N-dealkylation sites (tertiary alicyclic amines) is 1. The van der Waals surface area contributed by atoms with Gasteiger partial charge in [-0.15, -0.1) is 11.8 Å². The number of esters is 1. The van der Waals surface area contributed by atoms with Crippen molar-refractivity contribution in [1.82, 2.24) is 9.80 Å². The van der Waals surface area contributed by atoms with Crippen LogP contribution in [0.1, 0.15) is 27.2 Å². The molecule has 0 spiro atoms. The van der Waals surface area contributed by atoms with E-state index in [0.29, 0.717) is 17.9 Å². The van der Waals surface area contributed by atoms with Crippen LogP contribution < -0.4 is 0 Å². The molecule has 3 aliphatic heterocycles. The molecule has 0 bridgehead atoms. The number of nitrogens with zero attached hydrogens (tertiary/aromatic N) is 2. The highest BCUT2D eigenvalue weighted by molar-refractivity contribution is 8.03. The summed E-state index contributed by atoms with van der Waals surface area (Å²) in [5, 5.41) is 10.0. The van der Waals surface area contributed by atoms with Crippen molar-refractivity contribution in [3.8, 4) is 0 Å². The summed E-state index contributed by atoms with van der Waals surface area (Å²) in [6, 6.07) is -0.678. The van der Waals surface area contributed by atoms with E-state index in [1.165, 1.54) is 35.7 Å². The van der Waals surface area contributed by atoms with Gasteiger partial charge in [0.15, 0.2) is 0 Å². The number of rotatable bonds is 12. The summed E-state index contributed by atoms with van der Waals surface area (Å²) in [5.41, 5.74) is 0.188. The third-order valence-corrected chi connectivity index (χ3v) is 8.01. The molecule has 3 rings (SSSR count). The number of aliphatic hydroxyl groups is 1. The fourth-order valence-corrected chi connectivity index (χ4v) is 6.53. The Morgan fingerprint density at radius 2 is 1.92 bits per heavy atom. The van der Waals surface area contributed by atoms with Gasteiger partial charge in [-0.2, -0.15) is 0 Å². The molecule has 7 atom stereocenters. The molecule has 0 radical (unpaired) electrons. The van der Waals surface area contributed by atoms with E-state index in [9.17, 15) is 23.9 Å². The average Bonchev–Trinajstić information content (AvgIpc) is 3.32. The number of carbonyl (C=O) groups excluding carboxylic acids is 3. The summed E-state index contributed by atoms with van der Waals surface area (Å²) < 4.78 is 29.2. The molecule has 0 aromatic heterocycles. The maximum absolute atomic E-state index is 13.2. The molecule has 9 nitrogen and oxygen atoms in total. The van der Waals surface area contributed by atoms with Gasteiger partial charge >= 0.3 is 12.1 Å². The molecule has 2 fully saturated rings. The van der Waals surface area contributed by atoms with Crippen molar-refractivity contribution in [1.29, 1.82) is 0 Å². The van der Waals surface area contributed by atoms with E-state index < -0.39 is 30.3 Å². The maximum atomic E-state index is 13.2. The van der Waals surface area contributed by atoms with Crippen LogP contribution in [0.4, 0.5) is 9.18 Å². The van der Waals surface area contributed by atoms with Crippen LogP contribution in [0.5, 0.6) is 0 Å². The van der Waals surface area contributed by atoms with E-state index in [4.69, 9.17) is 14.2 Å². The zero-order valence-electron chi connectivity index (χ0n) is 20.9. The molecule has 36 heavy (non-hydrogen) atoms. The van der Waals surface area contributed by atoms with Crippen LogP contribution in [0.2, 0.25) is 0 Å². The molecule has 2 amide bonds. The highest BCUT2D eigenvalue weighted by atomic mass is 32.2. The lowest BCUT2D eigenvalue weighted by Gasteiger charge is -2.46. The Morgan fingerprint density at radius 3 is 2.53 bits per heavy atom. The molecule has 2 saturated heterocycles. The van der Waals surface area contributed by atoms with Gasteiger partial charge in [0, 0.05) is 22.6 Å². The van der Waals surface area contributed by atoms with Crippen molar-refractivity contribution < 1.29 is 38.1 Å². The van der Waals surface area contributed by atoms with Crippen LogP contribution in [0.15, 0.2) is 35.9 Å². The van der Waals surface area contributed by atoms with Crippen LogP contribution in [0.25, 0.3) is 0 Å². The van der Waals surface area contributed by atoms with Crippen molar-refractivity contribution in [2.75, 3.05) is 33.0 Å². The van der Waals surface area contributed by atoms with Crippen LogP contribution in [0.3, 0.4) is 0 Å². The minimum Gasteiger partial charge on any atom is -0.457 e. The molecule has 0 aliphatic carbocycles. The summed E-state index contributed by atoms with van der Waals surface area (Å²) >= 11 is 1.42. The van der Waals surface area contributed by atoms with Crippen molar-refractivity contribution in [2.24, 2.45) is 11.8 Å². The number of hydrogen-bond donors (Lipinski definition) is 1. The van der Waals surface area contributed by atoms with Gasteiger partial charge in [0.25, 0.3) is 0 Å². The number of carbonyl (C=O) groups is 3. The Morgan fingerprint density at radius 1 is 1.25 bits per heavy atom. The lowest BCUT2D eigenvalue weighted by Crippen LogP contribution is -2.63. The van der Waals surface area contributed by atoms with Gasteiger partial charge in [-0.1, -0.05) is 32.2 Å². The van der Waals surface area contributed by atoms with E-state index in [-0.39, 0.29) is 61.3 Å². The van der Waals surface area contributed by atoms with E-state index in [1.807, 2.05) is 6.92 Å². The first-order chi connectivity index (χ1) is 17.1. The molecule has 200 valence electrons. The third-order valence-electron chi connectivity index (χ3n) is 6.52. The van der Waals surface area contributed by atoms with Crippen LogP contribution in [0, 0.1) is 11.8 Å². The Labute approximate surface area is 215 Å². The predicted molar refractivity (Wildman–Crippen MR) is 133 cm³/mol. The second-order valence-electron chi connectivity index (χ2n) is 9.32. The topological polar surface area (TPSA) is 106 Å². The number of fused-ring (bicyclic) bond motifs is 1. The van der Waals surface area contributed by atoms with E-state index in [2.05, 4.69) is 13.2 Å². The Hall–Kier alpha value is -2.37. The summed E-state index contributed by atoms with van der Waals surface area (Å²) in [7, 11) is 0. The van der Waals surface area contributed by atoms with E-state index in [1.54, 1.807) is 11.8 Å². The minimum absolute atomic E-state index is 0.0000527. The summed E-state index contributed by atoms with van der Waals surface area (Å²) in [5.74, 6) is -1.74. The standard InChI is InChI=1S/C25H35FN2O7S/c1-6-8-34-24(31)21-22(15(4)20-19(16(5)29)23(30)28(20)21)36-18-10-17(13-33-12-14(3)26)27(11-18)25(32)35-9-7-2/h6-7,14-20,29H,1-2,8-13H2,3-5H3/t14?,15-,16-,17+,18+,19-,20-/m1/s1. The van der Waals surface area contributed by atoms with Gasteiger partial charge in [-0.25, -0.2) is 14.0 Å². The second-order valence-corrected chi connectivity index (χ2v) is 10.7. The van der Waals surface area contributed by atoms with Crippen LogP contribution in [-0.4, -0.2) is 95.5 Å². The van der Waals surface area contributed by atoms with Crippen molar-refractivity contribution in [3.63, 3.8) is 0 Å². The molecule has 0 aromatic carbocycles. The Balaban J connectivity index is 1.82. The summed E-state index contributed by atoms with van der Waals surface area (Å²) in [6.07, 6.45) is 0.949. The zero-order chi connectivity index (χ0) is 26.6.